The maximum absolute atomic E-state index is 13.0. The number of halogens is 1. The van der Waals surface area contributed by atoms with Crippen molar-refractivity contribution in [3.8, 4) is 0 Å². The van der Waals surface area contributed by atoms with Crippen LogP contribution in [0.5, 0.6) is 0 Å². The summed E-state index contributed by atoms with van der Waals surface area (Å²) in [5.74, 6) is 0.434. The van der Waals surface area contributed by atoms with E-state index in [4.69, 9.17) is 0 Å². The fourth-order valence-corrected chi connectivity index (χ4v) is 4.47. The molecule has 1 aromatic heterocycles. The van der Waals surface area contributed by atoms with E-state index in [0.29, 0.717) is 18.9 Å². The molecule has 1 saturated heterocycles. The van der Waals surface area contributed by atoms with Gasteiger partial charge in [-0.25, -0.2) is 17.8 Å². The molecule has 134 valence electrons. The molecule has 0 aliphatic carbocycles. The average Bonchev–Trinajstić information content (AvgIpc) is 2.63. The molecular formula is C18H23FN3O2S+. The molecule has 2 N–H and O–H groups in total. The van der Waals surface area contributed by atoms with E-state index in [2.05, 4.69) is 10.3 Å². The highest BCUT2D eigenvalue weighted by Crippen LogP contribution is 2.21. The van der Waals surface area contributed by atoms with E-state index in [1.165, 1.54) is 18.3 Å². The van der Waals surface area contributed by atoms with Crippen LogP contribution in [0.1, 0.15) is 37.8 Å². The molecule has 0 spiro atoms. The Morgan fingerprint density at radius 1 is 1.08 bits per heavy atom. The zero-order valence-corrected chi connectivity index (χ0v) is 15.0. The lowest BCUT2D eigenvalue weighted by Crippen LogP contribution is -2.36. The minimum Gasteiger partial charge on any atom is -0.268 e. The predicted octanol–water partition coefficient (Wildman–Crippen LogP) is 2.99. The van der Waals surface area contributed by atoms with Crippen molar-refractivity contribution in [3.05, 3.63) is 54.0 Å². The molecule has 1 aromatic carbocycles. The lowest BCUT2D eigenvalue weighted by Gasteiger charge is -2.25. The van der Waals surface area contributed by atoms with E-state index in [1.807, 2.05) is 6.92 Å². The second-order valence-corrected chi connectivity index (χ2v) is 8.26. The summed E-state index contributed by atoms with van der Waals surface area (Å²) in [6.45, 7) is 3.13. The Labute approximate surface area is 147 Å². The van der Waals surface area contributed by atoms with Gasteiger partial charge in [-0.05, 0) is 43.5 Å². The smallest absolute Gasteiger partial charge is 0.268 e. The number of hydrogen-bond donors (Lipinski definition) is 1. The fourth-order valence-electron chi connectivity index (χ4n) is 2.98. The van der Waals surface area contributed by atoms with Gasteiger partial charge in [0, 0.05) is 19.2 Å². The number of aromatic amines is 1. The summed E-state index contributed by atoms with van der Waals surface area (Å²) in [6, 6.07) is 9.58. The van der Waals surface area contributed by atoms with Crippen molar-refractivity contribution in [1.82, 2.24) is 4.31 Å². The Bertz CT molecular complexity index is 801. The Morgan fingerprint density at radius 3 is 2.36 bits per heavy atom. The van der Waals surface area contributed by atoms with Crippen LogP contribution >= 0.6 is 0 Å². The van der Waals surface area contributed by atoms with E-state index < -0.39 is 10.0 Å². The van der Waals surface area contributed by atoms with Crippen LogP contribution in [0.3, 0.4) is 0 Å². The van der Waals surface area contributed by atoms with Crippen LogP contribution in [0.25, 0.3) is 0 Å². The first-order valence-electron chi connectivity index (χ1n) is 8.51. The standard InChI is InChI=1S/C18H22FN3O2S/c1-14(15-5-7-16(19)8-6-15)21-18-10-9-17(13-20-18)25(23,24)22-11-3-2-4-12-22/h5-10,13-14H,2-4,11-12H2,1H3,(H,20,21)/p+1/t14-/m1/s1. The van der Waals surface area contributed by atoms with Gasteiger partial charge in [0.2, 0.25) is 10.0 Å². The normalized spacial score (nSPS) is 17.2. The maximum Gasteiger partial charge on any atom is 0.272 e. The first kappa shape index (κ1) is 17.8. The number of nitrogens with one attached hydrogen (secondary N) is 2. The van der Waals surface area contributed by atoms with Crippen LogP contribution in [0, 0.1) is 5.82 Å². The first-order chi connectivity index (χ1) is 12.0. The van der Waals surface area contributed by atoms with Crippen molar-refractivity contribution in [1.29, 1.82) is 0 Å². The number of pyridine rings is 1. The highest BCUT2D eigenvalue weighted by Gasteiger charge is 2.27. The second kappa shape index (κ2) is 7.49. The molecule has 2 aromatic rings. The number of hydrogen-bond acceptors (Lipinski definition) is 3. The molecular weight excluding hydrogens is 341 g/mol. The highest BCUT2D eigenvalue weighted by molar-refractivity contribution is 7.89. The van der Waals surface area contributed by atoms with Crippen molar-refractivity contribution < 1.29 is 17.8 Å². The SMILES string of the molecule is C[C@@H](Nc1ccc(S(=O)(=O)N2CCCCC2)c[nH+]1)c1ccc(F)cc1. The molecule has 3 rings (SSSR count). The lowest BCUT2D eigenvalue weighted by atomic mass is 10.1. The molecule has 0 saturated carbocycles. The molecule has 25 heavy (non-hydrogen) atoms. The minimum atomic E-state index is -3.43. The number of rotatable bonds is 5. The molecule has 1 aliphatic heterocycles. The summed E-state index contributed by atoms with van der Waals surface area (Å²) in [5.41, 5.74) is 0.944. The second-order valence-electron chi connectivity index (χ2n) is 6.32. The van der Waals surface area contributed by atoms with Crippen LogP contribution in [0.4, 0.5) is 10.2 Å². The van der Waals surface area contributed by atoms with Crippen LogP contribution in [-0.2, 0) is 10.0 Å². The number of H-pyrrole nitrogens is 1. The number of anilines is 1. The van der Waals surface area contributed by atoms with Gasteiger partial charge in [-0.1, -0.05) is 18.6 Å². The largest absolute Gasteiger partial charge is 0.272 e. The summed E-state index contributed by atoms with van der Waals surface area (Å²) < 4.78 is 39.8. The monoisotopic (exact) mass is 364 g/mol. The van der Waals surface area contributed by atoms with Gasteiger partial charge < -0.3 is 0 Å². The van der Waals surface area contributed by atoms with Gasteiger partial charge in [-0.15, -0.1) is 0 Å². The summed E-state index contributed by atoms with van der Waals surface area (Å²) in [4.78, 5) is 3.28. The molecule has 0 unspecified atom stereocenters. The molecule has 0 radical (unpaired) electrons. The predicted molar refractivity (Wildman–Crippen MR) is 94.0 cm³/mol. The Kier molecular flexibility index (Phi) is 5.34. The number of aromatic nitrogens is 1. The molecule has 0 bridgehead atoms. The summed E-state index contributed by atoms with van der Waals surface area (Å²) in [6.07, 6.45) is 4.43. The zero-order chi connectivity index (χ0) is 17.9. The number of sulfonamides is 1. The zero-order valence-electron chi connectivity index (χ0n) is 14.2. The van der Waals surface area contributed by atoms with Crippen LogP contribution < -0.4 is 10.3 Å². The molecule has 2 heterocycles. The number of nitrogens with zero attached hydrogens (tertiary/aromatic N) is 1. The van der Waals surface area contributed by atoms with Gasteiger partial charge in [-0.3, -0.25) is 5.32 Å². The Hall–Kier alpha value is -1.99. The molecule has 1 fully saturated rings. The van der Waals surface area contributed by atoms with Crippen molar-refractivity contribution in [3.63, 3.8) is 0 Å². The van der Waals surface area contributed by atoms with E-state index in [0.717, 1.165) is 24.8 Å². The highest BCUT2D eigenvalue weighted by atomic mass is 32.2. The van der Waals surface area contributed by atoms with Crippen molar-refractivity contribution >= 4 is 15.8 Å². The van der Waals surface area contributed by atoms with Crippen molar-refractivity contribution in [2.24, 2.45) is 0 Å². The fraction of sp³-hybridized carbons (Fsp3) is 0.389. The molecule has 7 heteroatoms. The summed E-state index contributed by atoms with van der Waals surface area (Å²) in [7, 11) is -3.43. The van der Waals surface area contributed by atoms with Crippen molar-refractivity contribution in [2.75, 3.05) is 18.4 Å². The van der Waals surface area contributed by atoms with Crippen molar-refractivity contribution in [2.45, 2.75) is 37.1 Å². The van der Waals surface area contributed by atoms with Crippen LogP contribution in [0.15, 0.2) is 47.5 Å². The van der Waals surface area contributed by atoms with E-state index in [1.54, 1.807) is 28.6 Å². The quantitative estimate of drug-likeness (QED) is 0.887. The van der Waals surface area contributed by atoms with Gasteiger partial charge in [0.15, 0.2) is 0 Å². The molecule has 1 aliphatic rings. The third kappa shape index (κ3) is 4.16. The van der Waals surface area contributed by atoms with Gasteiger partial charge in [0.25, 0.3) is 5.82 Å². The summed E-state index contributed by atoms with van der Waals surface area (Å²) in [5, 5.41) is 3.25. The maximum atomic E-state index is 13.0. The third-order valence-electron chi connectivity index (χ3n) is 4.48. The van der Waals surface area contributed by atoms with Gasteiger partial charge in [0.05, 0.1) is 0 Å². The van der Waals surface area contributed by atoms with Crippen LogP contribution in [-0.4, -0.2) is 25.8 Å². The molecule has 0 amide bonds. The first-order valence-corrected chi connectivity index (χ1v) is 9.95. The number of benzene rings is 1. The summed E-state index contributed by atoms with van der Waals surface area (Å²) >= 11 is 0. The third-order valence-corrected chi connectivity index (χ3v) is 6.37. The Morgan fingerprint density at radius 2 is 1.76 bits per heavy atom. The number of piperidine rings is 1. The average molecular weight is 364 g/mol. The van der Waals surface area contributed by atoms with E-state index in [-0.39, 0.29) is 16.8 Å². The lowest BCUT2D eigenvalue weighted by molar-refractivity contribution is -0.364. The Balaban J connectivity index is 1.70. The molecule has 1 atom stereocenters. The van der Waals surface area contributed by atoms with Gasteiger partial charge >= 0.3 is 0 Å². The minimum absolute atomic E-state index is 0.0404. The van der Waals surface area contributed by atoms with E-state index in [9.17, 15) is 12.8 Å². The van der Waals surface area contributed by atoms with E-state index >= 15 is 0 Å². The van der Waals surface area contributed by atoms with Gasteiger partial charge in [-0.2, -0.15) is 4.31 Å². The van der Waals surface area contributed by atoms with Gasteiger partial charge in [0.1, 0.15) is 23.0 Å². The van der Waals surface area contributed by atoms with Crippen LogP contribution in [0.2, 0.25) is 0 Å². The topological polar surface area (TPSA) is 63.6 Å². The molecule has 5 nitrogen and oxygen atoms in total.